The Morgan fingerprint density at radius 3 is 2.38 bits per heavy atom. The maximum Gasteiger partial charge on any atom is 0.366 e. The average Bonchev–Trinajstić information content (AvgIpc) is 3.01. The van der Waals surface area contributed by atoms with Crippen molar-refractivity contribution in [2.75, 3.05) is 0 Å². The number of ketones is 1. The van der Waals surface area contributed by atoms with E-state index in [1.54, 1.807) is 42.5 Å². The monoisotopic (exact) mass is 342 g/mol. The molecule has 0 fully saturated rings. The van der Waals surface area contributed by atoms with E-state index in [4.69, 9.17) is 0 Å². The van der Waals surface area contributed by atoms with Gasteiger partial charge in [-0.25, -0.2) is 4.99 Å². The molecule has 7 nitrogen and oxygen atoms in total. The second-order valence-electron chi connectivity index (χ2n) is 5.26. The highest BCUT2D eigenvalue weighted by Crippen LogP contribution is 2.37. The first-order valence-electron chi connectivity index (χ1n) is 6.93. The molecule has 2 heterocycles. The van der Waals surface area contributed by atoms with Gasteiger partial charge in [0.25, 0.3) is 0 Å². The van der Waals surface area contributed by atoms with Crippen molar-refractivity contribution in [1.82, 2.24) is 3.97 Å². The standard InChI is InChI=1S/C16H10N2O5S/c19-15-9-5-1-3-7-11(9)17-14(15)13-10-6-2-4-8-12(10)18(16(13)20)24(21,22)23/h1-8,20H,(H,21,22,23). The fourth-order valence-corrected chi connectivity index (χ4v) is 3.61. The summed E-state index contributed by atoms with van der Waals surface area (Å²) in [6.07, 6.45) is 0. The number of hydrogen-bond donors (Lipinski definition) is 2. The third-order valence-electron chi connectivity index (χ3n) is 3.87. The SMILES string of the molecule is O=C1C(c2c(O)n(S(=O)(=O)O)c3ccccc23)=Nc2ccccc21. The lowest BCUT2D eigenvalue weighted by Crippen LogP contribution is -2.13. The van der Waals surface area contributed by atoms with E-state index in [1.807, 2.05) is 0 Å². The van der Waals surface area contributed by atoms with Crippen LogP contribution in [0.3, 0.4) is 0 Å². The molecule has 8 heteroatoms. The first kappa shape index (κ1) is 14.6. The Hall–Kier alpha value is -2.97. The van der Waals surface area contributed by atoms with Crippen molar-refractivity contribution >= 4 is 38.4 Å². The number of rotatable bonds is 2. The Balaban J connectivity index is 2.07. The summed E-state index contributed by atoms with van der Waals surface area (Å²) in [6, 6.07) is 12.8. The maximum absolute atomic E-state index is 12.6. The summed E-state index contributed by atoms with van der Waals surface area (Å²) in [5, 5.41) is 10.7. The molecular formula is C16H10N2O5S. The first-order chi connectivity index (χ1) is 11.4. The number of nitrogens with zero attached hydrogens (tertiary/aromatic N) is 2. The van der Waals surface area contributed by atoms with Gasteiger partial charge in [0, 0.05) is 10.9 Å². The van der Waals surface area contributed by atoms with Gasteiger partial charge in [-0.1, -0.05) is 30.3 Å². The highest BCUT2D eigenvalue weighted by molar-refractivity contribution is 7.84. The molecule has 2 N–H and O–H groups in total. The number of hydrogen-bond acceptors (Lipinski definition) is 5. The van der Waals surface area contributed by atoms with Crippen LogP contribution < -0.4 is 0 Å². The zero-order valence-corrected chi connectivity index (χ0v) is 12.9. The van der Waals surface area contributed by atoms with Crippen LogP contribution in [0.1, 0.15) is 15.9 Å². The number of benzene rings is 2. The summed E-state index contributed by atoms with van der Waals surface area (Å²) in [5.74, 6) is -1.17. The van der Waals surface area contributed by atoms with E-state index in [0.717, 1.165) is 0 Å². The Morgan fingerprint density at radius 2 is 1.67 bits per heavy atom. The van der Waals surface area contributed by atoms with Crippen LogP contribution in [0.25, 0.3) is 10.9 Å². The van der Waals surface area contributed by atoms with Crippen molar-refractivity contribution in [2.24, 2.45) is 4.99 Å². The molecule has 120 valence electrons. The molecule has 2 aromatic carbocycles. The van der Waals surface area contributed by atoms with Gasteiger partial charge in [0.1, 0.15) is 5.71 Å². The van der Waals surface area contributed by atoms with Crippen molar-refractivity contribution in [3.63, 3.8) is 0 Å². The smallest absolute Gasteiger partial charge is 0.366 e. The van der Waals surface area contributed by atoms with Gasteiger partial charge in [-0.15, -0.1) is 0 Å². The van der Waals surface area contributed by atoms with Gasteiger partial charge in [-0.05, 0) is 18.2 Å². The molecular weight excluding hydrogens is 332 g/mol. The van der Waals surface area contributed by atoms with Crippen LogP contribution in [0.4, 0.5) is 5.69 Å². The third kappa shape index (κ3) is 1.90. The molecule has 1 aromatic heterocycles. The Morgan fingerprint density at radius 1 is 1.00 bits per heavy atom. The molecule has 0 amide bonds. The minimum Gasteiger partial charge on any atom is -0.493 e. The van der Waals surface area contributed by atoms with Gasteiger partial charge in [0.15, 0.2) is 0 Å². The molecule has 0 unspecified atom stereocenters. The molecule has 0 spiro atoms. The van der Waals surface area contributed by atoms with E-state index in [1.165, 1.54) is 6.07 Å². The molecule has 0 saturated heterocycles. The predicted molar refractivity (Wildman–Crippen MR) is 87.5 cm³/mol. The first-order valence-corrected chi connectivity index (χ1v) is 8.32. The van der Waals surface area contributed by atoms with Crippen LogP contribution in [0.15, 0.2) is 53.5 Å². The van der Waals surface area contributed by atoms with E-state index < -0.39 is 22.0 Å². The number of aliphatic imine (C=N–C) groups is 1. The lowest BCUT2D eigenvalue weighted by Gasteiger charge is -2.02. The molecule has 0 aliphatic carbocycles. The number of carbonyl (C=O) groups excluding carboxylic acids is 1. The maximum atomic E-state index is 12.6. The number of para-hydroxylation sites is 2. The van der Waals surface area contributed by atoms with Gasteiger partial charge in [0.05, 0.1) is 16.8 Å². The Labute approximate surface area is 136 Å². The van der Waals surface area contributed by atoms with E-state index in [-0.39, 0.29) is 16.8 Å². The fraction of sp³-hybridized carbons (Fsp3) is 0. The number of aromatic nitrogens is 1. The van der Waals surface area contributed by atoms with Gasteiger partial charge in [0.2, 0.25) is 11.7 Å². The van der Waals surface area contributed by atoms with Gasteiger partial charge >= 0.3 is 10.3 Å². The largest absolute Gasteiger partial charge is 0.493 e. The second kappa shape index (κ2) is 4.76. The molecule has 4 rings (SSSR count). The van der Waals surface area contributed by atoms with Crippen LogP contribution in [0, 0.1) is 0 Å². The molecule has 3 aromatic rings. The highest BCUT2D eigenvalue weighted by atomic mass is 32.2. The molecule has 0 saturated carbocycles. The summed E-state index contributed by atoms with van der Waals surface area (Å²) in [4.78, 5) is 16.8. The molecule has 1 aliphatic heterocycles. The topological polar surface area (TPSA) is 109 Å². The zero-order valence-electron chi connectivity index (χ0n) is 12.0. The van der Waals surface area contributed by atoms with Crippen molar-refractivity contribution in [1.29, 1.82) is 0 Å². The summed E-state index contributed by atoms with van der Waals surface area (Å²) >= 11 is 0. The summed E-state index contributed by atoms with van der Waals surface area (Å²) in [6.45, 7) is 0. The van der Waals surface area contributed by atoms with Crippen LogP contribution in [0.2, 0.25) is 0 Å². The number of carbonyl (C=O) groups is 1. The van der Waals surface area contributed by atoms with E-state index in [0.29, 0.717) is 20.6 Å². The number of Topliss-reactive ketones (excluding diaryl/α,β-unsaturated/α-hetero) is 1. The van der Waals surface area contributed by atoms with Gasteiger partial charge < -0.3 is 5.11 Å². The van der Waals surface area contributed by atoms with Crippen LogP contribution in [-0.2, 0) is 10.3 Å². The molecule has 24 heavy (non-hydrogen) atoms. The third-order valence-corrected chi connectivity index (χ3v) is 4.70. The molecule has 0 atom stereocenters. The van der Waals surface area contributed by atoms with Crippen molar-refractivity contribution < 1.29 is 22.9 Å². The lowest BCUT2D eigenvalue weighted by molar-refractivity contribution is 0.107. The van der Waals surface area contributed by atoms with Gasteiger partial charge in [-0.2, -0.15) is 12.4 Å². The number of aromatic hydroxyl groups is 1. The van der Waals surface area contributed by atoms with Crippen LogP contribution >= 0.6 is 0 Å². The van der Waals surface area contributed by atoms with Crippen LogP contribution in [-0.4, -0.2) is 33.5 Å². The predicted octanol–water partition coefficient (Wildman–Crippen LogP) is 2.31. The molecule has 1 aliphatic rings. The van der Waals surface area contributed by atoms with Gasteiger partial charge in [-0.3, -0.25) is 9.35 Å². The second-order valence-corrected chi connectivity index (χ2v) is 6.53. The van der Waals surface area contributed by atoms with Crippen molar-refractivity contribution in [2.45, 2.75) is 0 Å². The minimum absolute atomic E-state index is 0.0237. The molecule has 0 radical (unpaired) electrons. The van der Waals surface area contributed by atoms with Crippen molar-refractivity contribution in [3.05, 3.63) is 59.7 Å². The lowest BCUT2D eigenvalue weighted by atomic mass is 10.0. The number of fused-ring (bicyclic) bond motifs is 2. The van der Waals surface area contributed by atoms with Crippen molar-refractivity contribution in [3.8, 4) is 5.88 Å². The molecule has 0 bridgehead atoms. The normalized spacial score (nSPS) is 14.0. The summed E-state index contributed by atoms with van der Waals surface area (Å²) in [5.41, 5.74) is 0.784. The summed E-state index contributed by atoms with van der Waals surface area (Å²) < 4.78 is 33.1. The highest BCUT2D eigenvalue weighted by Gasteiger charge is 2.33. The Bertz CT molecular complexity index is 1160. The quantitative estimate of drug-likeness (QED) is 0.695. The average molecular weight is 342 g/mol. The van der Waals surface area contributed by atoms with E-state index >= 15 is 0 Å². The van der Waals surface area contributed by atoms with E-state index in [2.05, 4.69) is 4.99 Å². The van der Waals surface area contributed by atoms with E-state index in [9.17, 15) is 22.9 Å². The van der Waals surface area contributed by atoms with Crippen LogP contribution in [0.5, 0.6) is 5.88 Å². The Kier molecular flexibility index (Phi) is 2.90. The minimum atomic E-state index is -4.75. The fourth-order valence-electron chi connectivity index (χ4n) is 2.90. The summed E-state index contributed by atoms with van der Waals surface area (Å²) in [7, 11) is -4.75. The zero-order chi connectivity index (χ0) is 17.1.